The van der Waals surface area contributed by atoms with Crippen molar-refractivity contribution in [1.82, 2.24) is 5.32 Å². The van der Waals surface area contributed by atoms with Gasteiger partial charge in [0.1, 0.15) is 0 Å². The third-order valence-electron chi connectivity index (χ3n) is 3.72. The molecule has 1 aliphatic carbocycles. The van der Waals surface area contributed by atoms with Gasteiger partial charge in [-0.25, -0.2) is 0 Å². The van der Waals surface area contributed by atoms with Gasteiger partial charge in [0.15, 0.2) is 11.5 Å². The summed E-state index contributed by atoms with van der Waals surface area (Å²) in [5, 5.41) is 12.3. The van der Waals surface area contributed by atoms with Crippen molar-refractivity contribution in [3.8, 4) is 17.6 Å². The SMILES string of the molecule is COc1cccc(CNC2CCCC2C#N)c1OC(F)F. The third kappa shape index (κ3) is 3.82. The molecule has 1 aromatic carbocycles. The fraction of sp³-hybridized carbons (Fsp3) is 0.533. The molecule has 1 aliphatic rings. The van der Waals surface area contributed by atoms with Crippen LogP contribution in [-0.4, -0.2) is 19.8 Å². The molecule has 1 saturated carbocycles. The van der Waals surface area contributed by atoms with E-state index in [0.717, 1.165) is 19.3 Å². The monoisotopic (exact) mass is 296 g/mol. The van der Waals surface area contributed by atoms with Crippen molar-refractivity contribution >= 4 is 0 Å². The number of nitriles is 1. The fourth-order valence-electron chi connectivity index (χ4n) is 2.68. The number of para-hydroxylation sites is 1. The van der Waals surface area contributed by atoms with Gasteiger partial charge in [0.2, 0.25) is 0 Å². The average Bonchev–Trinajstić information content (AvgIpc) is 2.93. The van der Waals surface area contributed by atoms with Crippen LogP contribution in [0.3, 0.4) is 0 Å². The Balaban J connectivity index is 2.10. The lowest BCUT2D eigenvalue weighted by Crippen LogP contribution is -2.31. The lowest BCUT2D eigenvalue weighted by atomic mass is 10.1. The van der Waals surface area contributed by atoms with E-state index in [9.17, 15) is 8.78 Å². The van der Waals surface area contributed by atoms with E-state index in [2.05, 4.69) is 16.1 Å². The van der Waals surface area contributed by atoms with Crippen molar-refractivity contribution in [2.45, 2.75) is 38.5 Å². The molecule has 6 heteroatoms. The van der Waals surface area contributed by atoms with Gasteiger partial charge in [0, 0.05) is 18.2 Å². The zero-order valence-electron chi connectivity index (χ0n) is 11.8. The second kappa shape index (κ2) is 7.23. The topological polar surface area (TPSA) is 54.3 Å². The van der Waals surface area contributed by atoms with Crippen LogP contribution in [0.2, 0.25) is 0 Å². The summed E-state index contributed by atoms with van der Waals surface area (Å²) in [5.74, 6) is 0.307. The molecule has 0 aromatic heterocycles. The Morgan fingerprint density at radius 2 is 2.24 bits per heavy atom. The first-order chi connectivity index (χ1) is 10.2. The van der Waals surface area contributed by atoms with Gasteiger partial charge in [-0.15, -0.1) is 0 Å². The summed E-state index contributed by atoms with van der Waals surface area (Å²) >= 11 is 0. The van der Waals surface area contributed by atoms with E-state index < -0.39 is 6.61 Å². The maximum Gasteiger partial charge on any atom is 0.387 e. The number of benzene rings is 1. The highest BCUT2D eigenvalue weighted by atomic mass is 19.3. The summed E-state index contributed by atoms with van der Waals surface area (Å²) in [7, 11) is 1.41. The smallest absolute Gasteiger partial charge is 0.387 e. The number of nitrogens with one attached hydrogen (secondary N) is 1. The Bertz CT molecular complexity index is 517. The molecule has 21 heavy (non-hydrogen) atoms. The number of methoxy groups -OCH3 is 1. The number of nitrogens with zero attached hydrogens (tertiary/aromatic N) is 1. The summed E-state index contributed by atoms with van der Waals surface area (Å²) in [5.41, 5.74) is 0.596. The van der Waals surface area contributed by atoms with Crippen LogP contribution in [0.15, 0.2) is 18.2 Å². The molecule has 4 nitrogen and oxygen atoms in total. The van der Waals surface area contributed by atoms with E-state index in [1.54, 1.807) is 18.2 Å². The van der Waals surface area contributed by atoms with Crippen molar-refractivity contribution in [3.63, 3.8) is 0 Å². The molecule has 2 atom stereocenters. The highest BCUT2D eigenvalue weighted by Gasteiger charge is 2.27. The lowest BCUT2D eigenvalue weighted by Gasteiger charge is -2.18. The second-order valence-electron chi connectivity index (χ2n) is 4.98. The molecule has 1 fully saturated rings. The highest BCUT2D eigenvalue weighted by molar-refractivity contribution is 5.46. The minimum atomic E-state index is -2.90. The average molecular weight is 296 g/mol. The van der Waals surface area contributed by atoms with Crippen LogP contribution in [0.4, 0.5) is 8.78 Å². The molecule has 0 saturated heterocycles. The number of alkyl halides is 2. The first-order valence-corrected chi connectivity index (χ1v) is 6.89. The summed E-state index contributed by atoms with van der Waals surface area (Å²) in [6, 6.07) is 7.40. The molecule has 0 aliphatic heterocycles. The van der Waals surface area contributed by atoms with Crippen molar-refractivity contribution in [1.29, 1.82) is 5.26 Å². The van der Waals surface area contributed by atoms with E-state index in [4.69, 9.17) is 10.00 Å². The van der Waals surface area contributed by atoms with Crippen LogP contribution in [0.25, 0.3) is 0 Å². The number of hydrogen-bond donors (Lipinski definition) is 1. The number of ether oxygens (including phenoxy) is 2. The van der Waals surface area contributed by atoms with E-state index >= 15 is 0 Å². The number of halogens is 2. The maximum absolute atomic E-state index is 12.5. The number of rotatable bonds is 6. The minimum Gasteiger partial charge on any atom is -0.493 e. The van der Waals surface area contributed by atoms with E-state index in [1.807, 2.05) is 0 Å². The van der Waals surface area contributed by atoms with Crippen LogP contribution < -0.4 is 14.8 Å². The molecule has 0 amide bonds. The van der Waals surface area contributed by atoms with Gasteiger partial charge < -0.3 is 14.8 Å². The summed E-state index contributed by atoms with van der Waals surface area (Å²) < 4.78 is 34.7. The van der Waals surface area contributed by atoms with Gasteiger partial charge in [0.05, 0.1) is 19.1 Å². The van der Waals surface area contributed by atoms with Gasteiger partial charge in [-0.2, -0.15) is 14.0 Å². The first kappa shape index (κ1) is 15.5. The van der Waals surface area contributed by atoms with E-state index in [-0.39, 0.29) is 23.5 Å². The first-order valence-electron chi connectivity index (χ1n) is 6.89. The molecule has 1 N–H and O–H groups in total. The Kier molecular flexibility index (Phi) is 5.34. The Labute approximate surface area is 122 Å². The van der Waals surface area contributed by atoms with Crippen molar-refractivity contribution < 1.29 is 18.3 Å². The van der Waals surface area contributed by atoms with Crippen LogP contribution in [-0.2, 0) is 6.54 Å². The fourth-order valence-corrected chi connectivity index (χ4v) is 2.68. The zero-order chi connectivity index (χ0) is 15.2. The molecule has 1 aromatic rings. The van der Waals surface area contributed by atoms with Gasteiger partial charge in [-0.3, -0.25) is 0 Å². The zero-order valence-corrected chi connectivity index (χ0v) is 11.8. The van der Waals surface area contributed by atoms with E-state index in [1.165, 1.54) is 7.11 Å². The molecular formula is C15H18F2N2O2. The van der Waals surface area contributed by atoms with Crippen molar-refractivity contribution in [2.24, 2.45) is 5.92 Å². The standard InChI is InChI=1S/C15H18F2N2O2/c1-20-13-7-3-5-11(14(13)21-15(16)17)9-19-12-6-2-4-10(12)8-18/h3,5,7,10,12,15,19H,2,4,6,9H2,1H3. The maximum atomic E-state index is 12.5. The Hall–Kier alpha value is -1.87. The van der Waals surface area contributed by atoms with Gasteiger partial charge in [-0.1, -0.05) is 18.6 Å². The summed E-state index contributed by atoms with van der Waals surface area (Å²) in [6.07, 6.45) is 2.81. The van der Waals surface area contributed by atoms with Crippen LogP contribution in [0, 0.1) is 17.2 Å². The molecule has 0 radical (unpaired) electrons. The number of hydrogen-bond acceptors (Lipinski definition) is 4. The summed E-state index contributed by atoms with van der Waals surface area (Å²) in [6.45, 7) is -2.54. The minimum absolute atomic E-state index is 0.0184. The van der Waals surface area contributed by atoms with Crippen LogP contribution >= 0.6 is 0 Å². The van der Waals surface area contributed by atoms with Gasteiger partial charge in [0.25, 0.3) is 0 Å². The molecule has 2 rings (SSSR count). The Morgan fingerprint density at radius 1 is 1.43 bits per heavy atom. The second-order valence-corrected chi connectivity index (χ2v) is 4.98. The quantitative estimate of drug-likeness (QED) is 0.876. The van der Waals surface area contributed by atoms with E-state index in [0.29, 0.717) is 12.1 Å². The van der Waals surface area contributed by atoms with Crippen LogP contribution in [0.5, 0.6) is 11.5 Å². The van der Waals surface area contributed by atoms with Crippen molar-refractivity contribution in [2.75, 3.05) is 7.11 Å². The van der Waals surface area contributed by atoms with Crippen molar-refractivity contribution in [3.05, 3.63) is 23.8 Å². The molecule has 0 spiro atoms. The molecule has 0 bridgehead atoms. The van der Waals surface area contributed by atoms with Crippen LogP contribution in [0.1, 0.15) is 24.8 Å². The highest BCUT2D eigenvalue weighted by Crippen LogP contribution is 2.33. The van der Waals surface area contributed by atoms with Gasteiger partial charge >= 0.3 is 6.61 Å². The molecule has 114 valence electrons. The molecule has 0 heterocycles. The Morgan fingerprint density at radius 3 is 2.90 bits per heavy atom. The van der Waals surface area contributed by atoms with Gasteiger partial charge in [-0.05, 0) is 18.9 Å². The predicted molar refractivity (Wildman–Crippen MR) is 73.2 cm³/mol. The molecule has 2 unspecified atom stereocenters. The molecular weight excluding hydrogens is 278 g/mol. The predicted octanol–water partition coefficient (Wildman–Crippen LogP) is 3.08. The lowest BCUT2D eigenvalue weighted by molar-refractivity contribution is -0.0519. The largest absolute Gasteiger partial charge is 0.493 e. The summed E-state index contributed by atoms with van der Waals surface area (Å²) in [4.78, 5) is 0. The normalized spacial score (nSPS) is 21.3. The third-order valence-corrected chi connectivity index (χ3v) is 3.72.